The van der Waals surface area contributed by atoms with Gasteiger partial charge in [-0.2, -0.15) is 5.10 Å². The number of aryl methyl sites for hydroxylation is 1. The summed E-state index contributed by atoms with van der Waals surface area (Å²) < 4.78 is 34.2. The van der Waals surface area contributed by atoms with Crippen molar-refractivity contribution in [1.82, 2.24) is 19.4 Å². The largest absolute Gasteiger partial charge is 0.373 e. The van der Waals surface area contributed by atoms with E-state index in [9.17, 15) is 13.2 Å². The van der Waals surface area contributed by atoms with E-state index in [0.717, 1.165) is 5.56 Å². The van der Waals surface area contributed by atoms with Crippen LogP contribution in [0.3, 0.4) is 0 Å². The number of carbonyl (C=O) groups excluding carboxylic acids is 1. The molecule has 2 aromatic heterocycles. The van der Waals surface area contributed by atoms with Crippen molar-refractivity contribution in [3.05, 3.63) is 40.3 Å². The predicted octanol–water partition coefficient (Wildman–Crippen LogP) is 0.442. The molecule has 1 aliphatic rings. The molecule has 1 unspecified atom stereocenters. The van der Waals surface area contributed by atoms with Gasteiger partial charge in [-0.05, 0) is 11.4 Å². The third kappa shape index (κ3) is 4.88. The van der Waals surface area contributed by atoms with Gasteiger partial charge < -0.3 is 9.64 Å². The summed E-state index contributed by atoms with van der Waals surface area (Å²) in [6, 6.07) is 3.59. The Hall–Kier alpha value is -1.75. The minimum absolute atomic E-state index is 0.0796. The van der Waals surface area contributed by atoms with Crippen molar-refractivity contribution in [2.45, 2.75) is 12.6 Å². The molecule has 0 aliphatic carbocycles. The summed E-state index contributed by atoms with van der Waals surface area (Å²) in [7, 11) is -1.75. The summed E-state index contributed by atoms with van der Waals surface area (Å²) in [5.41, 5.74) is 0.783. The lowest BCUT2D eigenvalue weighted by molar-refractivity contribution is -0.0108. The molecular weight excluding hydrogens is 364 g/mol. The van der Waals surface area contributed by atoms with Crippen LogP contribution < -0.4 is 4.72 Å². The maximum Gasteiger partial charge on any atom is 0.264 e. The van der Waals surface area contributed by atoms with Gasteiger partial charge in [0.25, 0.3) is 5.91 Å². The minimum Gasteiger partial charge on any atom is -0.373 e. The third-order valence-corrected chi connectivity index (χ3v) is 6.07. The summed E-state index contributed by atoms with van der Waals surface area (Å²) in [5, 5.41) is 5.85. The smallest absolute Gasteiger partial charge is 0.264 e. The van der Waals surface area contributed by atoms with Crippen LogP contribution in [0.25, 0.3) is 0 Å². The normalized spacial score (nSPS) is 18.4. The molecule has 1 aliphatic heterocycles. The fourth-order valence-corrected chi connectivity index (χ4v) is 4.51. The van der Waals surface area contributed by atoms with Crippen molar-refractivity contribution < 1.29 is 17.9 Å². The third-order valence-electron chi connectivity index (χ3n) is 3.82. The van der Waals surface area contributed by atoms with E-state index in [1.807, 2.05) is 11.4 Å². The zero-order chi connectivity index (χ0) is 17.9. The van der Waals surface area contributed by atoms with Crippen LogP contribution in [0, 0.1) is 0 Å². The predicted molar refractivity (Wildman–Crippen MR) is 93.8 cm³/mol. The monoisotopic (exact) mass is 384 g/mol. The topological polar surface area (TPSA) is 93.5 Å². The van der Waals surface area contributed by atoms with Gasteiger partial charge in [0.2, 0.25) is 10.0 Å². The van der Waals surface area contributed by atoms with E-state index in [4.69, 9.17) is 4.74 Å². The highest BCUT2D eigenvalue weighted by molar-refractivity contribution is 7.89. The van der Waals surface area contributed by atoms with Crippen LogP contribution in [0.2, 0.25) is 0 Å². The number of nitrogens with zero attached hydrogens (tertiary/aromatic N) is 3. The summed E-state index contributed by atoms with van der Waals surface area (Å²) in [5.74, 6) is -0.259. The molecule has 0 radical (unpaired) electrons. The fraction of sp³-hybridized carbons (Fsp3) is 0.467. The van der Waals surface area contributed by atoms with Gasteiger partial charge in [0.1, 0.15) is 0 Å². The second-order valence-electron chi connectivity index (χ2n) is 5.85. The maximum atomic E-state index is 12.4. The average Bonchev–Trinajstić information content (AvgIpc) is 3.24. The zero-order valence-corrected chi connectivity index (χ0v) is 15.4. The summed E-state index contributed by atoms with van der Waals surface area (Å²) >= 11 is 1.38. The molecule has 0 spiro atoms. The number of hydrogen-bond acceptors (Lipinski definition) is 6. The quantitative estimate of drug-likeness (QED) is 0.780. The number of sulfonamides is 1. The van der Waals surface area contributed by atoms with Gasteiger partial charge in [0, 0.05) is 38.4 Å². The molecule has 1 atom stereocenters. The first kappa shape index (κ1) is 18.1. The molecule has 3 heterocycles. The van der Waals surface area contributed by atoms with Crippen LogP contribution in [0.1, 0.15) is 15.2 Å². The van der Waals surface area contributed by atoms with Crippen molar-refractivity contribution in [3.63, 3.8) is 0 Å². The Labute approximate surface area is 150 Å². The highest BCUT2D eigenvalue weighted by atomic mass is 32.2. The molecule has 1 saturated heterocycles. The van der Waals surface area contributed by atoms with Gasteiger partial charge in [-0.3, -0.25) is 9.48 Å². The number of amides is 1. The molecule has 0 aromatic carbocycles. The van der Waals surface area contributed by atoms with Crippen molar-refractivity contribution in [2.24, 2.45) is 7.05 Å². The van der Waals surface area contributed by atoms with Crippen LogP contribution in [-0.4, -0.2) is 60.6 Å². The SMILES string of the molecule is Cn1cc(CNS(=O)(=O)CC2CN(C(=O)c3cccs3)CCO2)cn1. The highest BCUT2D eigenvalue weighted by Gasteiger charge is 2.29. The Balaban J connectivity index is 1.55. The number of hydrogen-bond donors (Lipinski definition) is 1. The number of aromatic nitrogens is 2. The van der Waals surface area contributed by atoms with Gasteiger partial charge >= 0.3 is 0 Å². The average molecular weight is 384 g/mol. The molecule has 1 amide bonds. The molecule has 1 N–H and O–H groups in total. The number of morpholine rings is 1. The van der Waals surface area contributed by atoms with E-state index in [2.05, 4.69) is 9.82 Å². The Morgan fingerprint density at radius 2 is 2.36 bits per heavy atom. The van der Waals surface area contributed by atoms with Crippen LogP contribution >= 0.6 is 11.3 Å². The summed E-state index contributed by atoms with van der Waals surface area (Å²) in [6.45, 7) is 1.25. The van der Waals surface area contributed by atoms with Crippen molar-refractivity contribution in [2.75, 3.05) is 25.4 Å². The van der Waals surface area contributed by atoms with E-state index in [1.54, 1.807) is 35.1 Å². The Morgan fingerprint density at radius 1 is 1.52 bits per heavy atom. The lowest BCUT2D eigenvalue weighted by Crippen LogP contribution is -2.48. The summed E-state index contributed by atoms with van der Waals surface area (Å²) in [4.78, 5) is 14.7. The lowest BCUT2D eigenvalue weighted by Gasteiger charge is -2.32. The first-order valence-electron chi connectivity index (χ1n) is 7.82. The van der Waals surface area contributed by atoms with Gasteiger partial charge in [0.05, 0.1) is 29.5 Å². The van der Waals surface area contributed by atoms with Crippen LogP contribution in [0.5, 0.6) is 0 Å². The van der Waals surface area contributed by atoms with Gasteiger partial charge in [-0.15, -0.1) is 11.3 Å². The van der Waals surface area contributed by atoms with Crippen molar-refractivity contribution in [1.29, 1.82) is 0 Å². The van der Waals surface area contributed by atoms with Crippen molar-refractivity contribution in [3.8, 4) is 0 Å². The van der Waals surface area contributed by atoms with E-state index in [1.165, 1.54) is 11.3 Å². The van der Waals surface area contributed by atoms with E-state index in [-0.39, 0.29) is 24.7 Å². The zero-order valence-electron chi connectivity index (χ0n) is 13.8. The molecule has 10 heteroatoms. The Morgan fingerprint density at radius 3 is 3.04 bits per heavy atom. The first-order valence-corrected chi connectivity index (χ1v) is 10.4. The van der Waals surface area contributed by atoms with E-state index < -0.39 is 16.1 Å². The molecule has 0 bridgehead atoms. The lowest BCUT2D eigenvalue weighted by atomic mass is 10.3. The van der Waals surface area contributed by atoms with E-state index >= 15 is 0 Å². The molecule has 3 rings (SSSR count). The van der Waals surface area contributed by atoms with Crippen LogP contribution in [0.15, 0.2) is 29.9 Å². The fourth-order valence-electron chi connectivity index (χ4n) is 2.62. The number of ether oxygens (including phenoxy) is 1. The maximum absolute atomic E-state index is 12.4. The van der Waals surface area contributed by atoms with Crippen LogP contribution in [-0.2, 0) is 28.4 Å². The number of rotatable bonds is 6. The number of nitrogens with one attached hydrogen (secondary N) is 1. The van der Waals surface area contributed by atoms with Gasteiger partial charge in [0.15, 0.2) is 0 Å². The molecule has 2 aromatic rings. The Bertz CT molecular complexity index is 816. The van der Waals surface area contributed by atoms with Gasteiger partial charge in [-0.1, -0.05) is 6.07 Å². The Kier molecular flexibility index (Phi) is 5.52. The number of thiophene rings is 1. The molecular formula is C15H20N4O4S2. The molecule has 0 saturated carbocycles. The molecule has 1 fully saturated rings. The first-order chi connectivity index (χ1) is 11.9. The molecule has 25 heavy (non-hydrogen) atoms. The van der Waals surface area contributed by atoms with E-state index in [0.29, 0.717) is 18.0 Å². The highest BCUT2D eigenvalue weighted by Crippen LogP contribution is 2.15. The van der Waals surface area contributed by atoms with Crippen LogP contribution in [0.4, 0.5) is 0 Å². The van der Waals surface area contributed by atoms with Gasteiger partial charge in [-0.25, -0.2) is 13.1 Å². The number of carbonyl (C=O) groups is 1. The molecule has 136 valence electrons. The minimum atomic E-state index is -3.52. The second kappa shape index (κ2) is 7.65. The summed E-state index contributed by atoms with van der Waals surface area (Å²) in [6.07, 6.45) is 2.83. The van der Waals surface area contributed by atoms with Crippen molar-refractivity contribution >= 4 is 27.3 Å². The standard InChI is InChI=1S/C15H20N4O4S2/c1-18-9-12(7-16-18)8-17-25(21,22)11-13-10-19(4-5-23-13)15(20)14-3-2-6-24-14/h2-3,6-7,9,13,17H,4-5,8,10-11H2,1H3. The second-order valence-corrected chi connectivity index (χ2v) is 8.65. The molecule has 8 nitrogen and oxygen atoms in total.